The molecule has 28 heavy (non-hydrogen) atoms. The van der Waals surface area contributed by atoms with Gasteiger partial charge in [0.1, 0.15) is 5.75 Å². The maximum atomic E-state index is 12.2. The highest BCUT2D eigenvalue weighted by Crippen LogP contribution is 2.21. The summed E-state index contributed by atoms with van der Waals surface area (Å²) < 4.78 is 10.5. The normalized spacial score (nSPS) is 11.3. The number of halogens is 1. The first kappa shape index (κ1) is 21.2. The molecule has 0 aliphatic rings. The number of esters is 1. The number of benzene rings is 2. The van der Waals surface area contributed by atoms with Crippen molar-refractivity contribution in [3.63, 3.8) is 0 Å². The van der Waals surface area contributed by atoms with Crippen LogP contribution in [0.1, 0.15) is 19.4 Å². The number of anilines is 2. The molecule has 0 spiro atoms. The lowest BCUT2D eigenvalue weighted by atomic mass is 10.2. The molecular weight excluding hydrogens is 384 g/mol. The SMILES string of the molecule is CC(=O)Nc1ccc(NC(=O)[C@@H](C)OC(=O)COc2ccc(Cl)cc2C)cc1. The van der Waals surface area contributed by atoms with Crippen LogP contribution in [0.4, 0.5) is 11.4 Å². The van der Waals surface area contributed by atoms with Crippen molar-refractivity contribution >= 4 is 40.8 Å². The van der Waals surface area contributed by atoms with Crippen molar-refractivity contribution in [3.8, 4) is 5.75 Å². The van der Waals surface area contributed by atoms with Gasteiger partial charge in [0, 0.05) is 23.3 Å². The fraction of sp³-hybridized carbons (Fsp3) is 0.250. The number of hydrogen-bond acceptors (Lipinski definition) is 5. The average Bonchev–Trinajstić information content (AvgIpc) is 2.62. The molecule has 7 nitrogen and oxygen atoms in total. The summed E-state index contributed by atoms with van der Waals surface area (Å²) in [6, 6.07) is 11.6. The van der Waals surface area contributed by atoms with Gasteiger partial charge in [-0.05, 0) is 61.9 Å². The van der Waals surface area contributed by atoms with E-state index in [1.807, 2.05) is 0 Å². The highest BCUT2D eigenvalue weighted by molar-refractivity contribution is 6.30. The van der Waals surface area contributed by atoms with Gasteiger partial charge in [-0.15, -0.1) is 0 Å². The van der Waals surface area contributed by atoms with E-state index in [1.54, 1.807) is 49.4 Å². The van der Waals surface area contributed by atoms with E-state index in [2.05, 4.69) is 10.6 Å². The Morgan fingerprint density at radius 1 is 1.04 bits per heavy atom. The largest absolute Gasteiger partial charge is 0.482 e. The molecule has 8 heteroatoms. The van der Waals surface area contributed by atoms with E-state index in [0.29, 0.717) is 22.1 Å². The third-order valence-corrected chi connectivity index (χ3v) is 3.87. The molecule has 0 unspecified atom stereocenters. The summed E-state index contributed by atoms with van der Waals surface area (Å²) in [6.45, 7) is 4.35. The van der Waals surface area contributed by atoms with Gasteiger partial charge in [0.2, 0.25) is 5.91 Å². The molecular formula is C20H21ClN2O5. The van der Waals surface area contributed by atoms with Gasteiger partial charge in [-0.1, -0.05) is 11.6 Å². The zero-order valence-electron chi connectivity index (χ0n) is 15.7. The van der Waals surface area contributed by atoms with Gasteiger partial charge in [0.05, 0.1) is 0 Å². The quantitative estimate of drug-likeness (QED) is 0.688. The van der Waals surface area contributed by atoms with E-state index in [0.717, 1.165) is 5.56 Å². The predicted molar refractivity (Wildman–Crippen MR) is 107 cm³/mol. The van der Waals surface area contributed by atoms with E-state index >= 15 is 0 Å². The summed E-state index contributed by atoms with van der Waals surface area (Å²) in [7, 11) is 0. The third kappa shape index (κ3) is 6.59. The maximum absolute atomic E-state index is 12.2. The molecule has 2 N–H and O–H groups in total. The average molecular weight is 405 g/mol. The number of nitrogens with one attached hydrogen (secondary N) is 2. The Morgan fingerprint density at radius 3 is 2.21 bits per heavy atom. The summed E-state index contributed by atoms with van der Waals surface area (Å²) in [4.78, 5) is 35.1. The van der Waals surface area contributed by atoms with Gasteiger partial charge >= 0.3 is 5.97 Å². The number of carbonyl (C=O) groups excluding carboxylic acids is 3. The van der Waals surface area contributed by atoms with E-state index in [-0.39, 0.29) is 12.5 Å². The standard InChI is InChI=1S/C20H21ClN2O5/c1-12-10-15(21)4-9-18(12)27-11-19(25)28-13(2)20(26)23-17-7-5-16(6-8-17)22-14(3)24/h4-10,13H,11H2,1-3H3,(H,22,24)(H,23,26)/t13-/m1/s1. The summed E-state index contributed by atoms with van der Waals surface area (Å²) in [5.41, 5.74) is 1.91. The molecule has 2 amide bonds. The van der Waals surface area contributed by atoms with E-state index in [1.165, 1.54) is 13.8 Å². The minimum absolute atomic E-state index is 0.187. The first-order valence-electron chi connectivity index (χ1n) is 8.51. The Morgan fingerprint density at radius 2 is 1.64 bits per heavy atom. The monoisotopic (exact) mass is 404 g/mol. The number of amides is 2. The maximum Gasteiger partial charge on any atom is 0.344 e. The van der Waals surface area contributed by atoms with E-state index in [9.17, 15) is 14.4 Å². The van der Waals surface area contributed by atoms with Crippen molar-refractivity contribution in [2.75, 3.05) is 17.2 Å². The fourth-order valence-electron chi connectivity index (χ4n) is 2.28. The van der Waals surface area contributed by atoms with E-state index in [4.69, 9.17) is 21.1 Å². The van der Waals surface area contributed by atoms with Crippen LogP contribution in [0.3, 0.4) is 0 Å². The number of ether oxygens (including phenoxy) is 2. The highest BCUT2D eigenvalue weighted by Gasteiger charge is 2.18. The van der Waals surface area contributed by atoms with Crippen LogP contribution in [0.15, 0.2) is 42.5 Å². The van der Waals surface area contributed by atoms with Crippen LogP contribution in [-0.2, 0) is 19.1 Å². The van der Waals surface area contributed by atoms with Crippen LogP contribution in [-0.4, -0.2) is 30.5 Å². The van der Waals surface area contributed by atoms with Crippen molar-refractivity contribution < 1.29 is 23.9 Å². The molecule has 0 bridgehead atoms. The second-order valence-electron chi connectivity index (χ2n) is 6.08. The summed E-state index contributed by atoms with van der Waals surface area (Å²) >= 11 is 5.87. The number of hydrogen-bond donors (Lipinski definition) is 2. The zero-order chi connectivity index (χ0) is 20.7. The molecule has 1 atom stereocenters. The second-order valence-corrected chi connectivity index (χ2v) is 6.51. The van der Waals surface area contributed by atoms with Crippen LogP contribution in [0.2, 0.25) is 5.02 Å². The number of rotatable bonds is 7. The highest BCUT2D eigenvalue weighted by atomic mass is 35.5. The van der Waals surface area contributed by atoms with E-state index < -0.39 is 18.0 Å². The molecule has 148 valence electrons. The Kier molecular flexibility index (Phi) is 7.40. The third-order valence-electron chi connectivity index (χ3n) is 3.63. The molecule has 0 aliphatic heterocycles. The molecule has 0 saturated heterocycles. The predicted octanol–water partition coefficient (Wildman–Crippen LogP) is 3.56. The van der Waals surface area contributed by atoms with Crippen LogP contribution in [0.25, 0.3) is 0 Å². The molecule has 0 fully saturated rings. The molecule has 2 rings (SSSR count). The Bertz CT molecular complexity index is 867. The molecule has 0 saturated carbocycles. The fourth-order valence-corrected chi connectivity index (χ4v) is 2.51. The first-order valence-corrected chi connectivity index (χ1v) is 8.89. The van der Waals surface area contributed by atoms with Gasteiger partial charge in [0.25, 0.3) is 5.91 Å². The molecule has 0 radical (unpaired) electrons. The summed E-state index contributed by atoms with van der Waals surface area (Å²) in [5.74, 6) is -0.827. The number of carbonyl (C=O) groups is 3. The Hall–Kier alpha value is -3.06. The van der Waals surface area contributed by atoms with Gasteiger partial charge in [0.15, 0.2) is 12.7 Å². The lowest BCUT2D eigenvalue weighted by Gasteiger charge is -2.14. The van der Waals surface area contributed by atoms with Crippen molar-refractivity contribution in [1.82, 2.24) is 0 Å². The van der Waals surface area contributed by atoms with Crippen molar-refractivity contribution in [1.29, 1.82) is 0 Å². The Balaban J connectivity index is 1.82. The summed E-state index contributed by atoms with van der Waals surface area (Å²) in [6.07, 6.45) is -1.00. The molecule has 2 aromatic carbocycles. The van der Waals surface area contributed by atoms with Gasteiger partial charge < -0.3 is 20.1 Å². The van der Waals surface area contributed by atoms with Gasteiger partial charge in [-0.25, -0.2) is 4.79 Å². The van der Waals surface area contributed by atoms with Gasteiger partial charge in [-0.3, -0.25) is 9.59 Å². The number of aryl methyl sites for hydroxylation is 1. The lowest BCUT2D eigenvalue weighted by molar-refractivity contribution is -0.155. The minimum atomic E-state index is -1.00. The second kappa shape index (κ2) is 9.75. The van der Waals surface area contributed by atoms with Crippen LogP contribution in [0.5, 0.6) is 5.75 Å². The topological polar surface area (TPSA) is 93.7 Å². The van der Waals surface area contributed by atoms with Crippen molar-refractivity contribution in [2.24, 2.45) is 0 Å². The Labute approximate surface area is 168 Å². The molecule has 0 aromatic heterocycles. The lowest BCUT2D eigenvalue weighted by Crippen LogP contribution is -2.31. The minimum Gasteiger partial charge on any atom is -0.482 e. The van der Waals surface area contributed by atoms with Crippen LogP contribution < -0.4 is 15.4 Å². The molecule has 0 aliphatic carbocycles. The smallest absolute Gasteiger partial charge is 0.344 e. The zero-order valence-corrected chi connectivity index (χ0v) is 16.5. The molecule has 2 aromatic rings. The van der Waals surface area contributed by atoms with Crippen molar-refractivity contribution in [2.45, 2.75) is 26.9 Å². The molecule has 0 heterocycles. The van der Waals surface area contributed by atoms with Gasteiger partial charge in [-0.2, -0.15) is 0 Å². The van der Waals surface area contributed by atoms with Crippen LogP contribution in [0, 0.1) is 6.92 Å². The first-order chi connectivity index (χ1) is 13.2. The summed E-state index contributed by atoms with van der Waals surface area (Å²) in [5, 5.41) is 5.83. The van der Waals surface area contributed by atoms with Crippen molar-refractivity contribution in [3.05, 3.63) is 53.1 Å². The van der Waals surface area contributed by atoms with Crippen LogP contribution >= 0.6 is 11.6 Å².